The second-order valence-corrected chi connectivity index (χ2v) is 9.03. The molecule has 0 radical (unpaired) electrons. The molecule has 3 aromatic carbocycles. The van der Waals surface area contributed by atoms with E-state index in [1.165, 1.54) is 12.1 Å². The summed E-state index contributed by atoms with van der Waals surface area (Å²) in [4.78, 5) is 27.7. The first-order valence-corrected chi connectivity index (χ1v) is 11.8. The number of anilines is 1. The summed E-state index contributed by atoms with van der Waals surface area (Å²) < 4.78 is 13.1. The molecule has 1 fully saturated rings. The van der Waals surface area contributed by atoms with Crippen LogP contribution in [-0.2, 0) is 6.54 Å². The molecule has 2 amide bonds. The Kier molecular flexibility index (Phi) is 7.70. The third kappa shape index (κ3) is 5.88. The molecule has 0 saturated carbocycles. The molecule has 1 aliphatic rings. The third-order valence-electron chi connectivity index (χ3n) is 5.86. The van der Waals surface area contributed by atoms with Crippen molar-refractivity contribution in [1.29, 1.82) is 0 Å². The van der Waals surface area contributed by atoms with Crippen molar-refractivity contribution in [2.75, 3.05) is 18.0 Å². The maximum Gasteiger partial charge on any atom is 0.253 e. The average molecular weight is 500 g/mol. The molecule has 0 spiro atoms. The smallest absolute Gasteiger partial charge is 0.253 e. The Bertz CT molecular complexity index is 1180. The molecule has 0 unspecified atom stereocenters. The zero-order valence-corrected chi connectivity index (χ0v) is 19.9. The van der Waals surface area contributed by atoms with E-state index in [-0.39, 0.29) is 23.7 Å². The minimum absolute atomic E-state index is 0.00922. The summed E-state index contributed by atoms with van der Waals surface area (Å²) in [6.45, 7) is 1.71. The lowest BCUT2D eigenvalue weighted by atomic mass is 10.0. The Morgan fingerprint density at radius 2 is 1.62 bits per heavy atom. The standard InChI is InChI=1S/C26H24Cl2FN3O2/c27-18-7-10-21(23(28)15-18)26(34)31-20-11-13-32(14-12-20)24-4-2-1-3-22(24)25(33)30-16-17-5-8-19(29)9-6-17/h1-10,15,20H,11-14,16H2,(H,30,33)(H,31,34). The van der Waals surface area contributed by atoms with Crippen LogP contribution < -0.4 is 15.5 Å². The molecule has 1 heterocycles. The fourth-order valence-electron chi connectivity index (χ4n) is 4.02. The van der Waals surface area contributed by atoms with Crippen molar-refractivity contribution >= 4 is 40.7 Å². The van der Waals surface area contributed by atoms with Crippen LogP contribution in [0.2, 0.25) is 10.0 Å². The van der Waals surface area contributed by atoms with Gasteiger partial charge in [0, 0.05) is 36.4 Å². The van der Waals surface area contributed by atoms with Gasteiger partial charge in [-0.05, 0) is 60.9 Å². The van der Waals surface area contributed by atoms with Gasteiger partial charge in [0.1, 0.15) is 5.82 Å². The van der Waals surface area contributed by atoms with Crippen LogP contribution in [0.4, 0.5) is 10.1 Å². The predicted octanol–water partition coefficient (Wildman–Crippen LogP) is 5.46. The molecular weight excluding hydrogens is 476 g/mol. The summed E-state index contributed by atoms with van der Waals surface area (Å²) in [5, 5.41) is 6.76. The normalized spacial score (nSPS) is 14.0. The number of amides is 2. The quantitative estimate of drug-likeness (QED) is 0.473. The first-order chi connectivity index (χ1) is 16.4. The van der Waals surface area contributed by atoms with Gasteiger partial charge < -0.3 is 15.5 Å². The monoisotopic (exact) mass is 499 g/mol. The van der Waals surface area contributed by atoms with Crippen LogP contribution >= 0.6 is 23.2 Å². The Hall–Kier alpha value is -3.09. The Labute approximate surface area is 207 Å². The molecule has 1 aliphatic heterocycles. The lowest BCUT2D eigenvalue weighted by molar-refractivity contribution is 0.0929. The van der Waals surface area contributed by atoms with Crippen molar-refractivity contribution in [2.24, 2.45) is 0 Å². The van der Waals surface area contributed by atoms with Crippen LogP contribution in [0.5, 0.6) is 0 Å². The maximum absolute atomic E-state index is 13.1. The number of benzene rings is 3. The summed E-state index contributed by atoms with van der Waals surface area (Å²) in [5.74, 6) is -0.718. The predicted molar refractivity (Wildman–Crippen MR) is 133 cm³/mol. The highest BCUT2D eigenvalue weighted by molar-refractivity contribution is 6.36. The van der Waals surface area contributed by atoms with Gasteiger partial charge in [0.2, 0.25) is 0 Å². The number of piperidine rings is 1. The fraction of sp³-hybridized carbons (Fsp3) is 0.231. The zero-order chi connectivity index (χ0) is 24.1. The molecule has 0 bridgehead atoms. The molecule has 1 saturated heterocycles. The van der Waals surface area contributed by atoms with Gasteiger partial charge in [-0.15, -0.1) is 0 Å². The van der Waals surface area contributed by atoms with Crippen molar-refractivity contribution in [3.05, 3.63) is 99.3 Å². The number of nitrogens with zero attached hydrogens (tertiary/aromatic N) is 1. The van der Waals surface area contributed by atoms with E-state index < -0.39 is 0 Å². The first kappa shape index (κ1) is 24.0. The Balaban J connectivity index is 1.35. The van der Waals surface area contributed by atoms with Crippen molar-refractivity contribution < 1.29 is 14.0 Å². The molecule has 3 aromatic rings. The van der Waals surface area contributed by atoms with E-state index in [4.69, 9.17) is 23.2 Å². The molecule has 0 aromatic heterocycles. The first-order valence-electron chi connectivity index (χ1n) is 11.0. The van der Waals surface area contributed by atoms with E-state index >= 15 is 0 Å². The van der Waals surface area contributed by atoms with Crippen molar-refractivity contribution in [2.45, 2.75) is 25.4 Å². The minimum atomic E-state index is -0.309. The second-order valence-electron chi connectivity index (χ2n) is 8.19. The van der Waals surface area contributed by atoms with E-state index in [0.717, 1.165) is 24.1 Å². The van der Waals surface area contributed by atoms with Gasteiger partial charge in [-0.1, -0.05) is 47.5 Å². The number of hydrogen-bond acceptors (Lipinski definition) is 3. The number of carbonyl (C=O) groups is 2. The topological polar surface area (TPSA) is 61.4 Å². The Morgan fingerprint density at radius 1 is 0.912 bits per heavy atom. The molecule has 8 heteroatoms. The molecule has 5 nitrogen and oxygen atoms in total. The van der Waals surface area contributed by atoms with Crippen LogP contribution in [0.25, 0.3) is 0 Å². The van der Waals surface area contributed by atoms with Gasteiger partial charge in [-0.2, -0.15) is 0 Å². The van der Waals surface area contributed by atoms with Crippen LogP contribution in [-0.4, -0.2) is 30.9 Å². The van der Waals surface area contributed by atoms with Crippen LogP contribution in [0.15, 0.2) is 66.7 Å². The largest absolute Gasteiger partial charge is 0.371 e. The molecule has 34 heavy (non-hydrogen) atoms. The fourth-order valence-corrected chi connectivity index (χ4v) is 4.52. The summed E-state index contributed by atoms with van der Waals surface area (Å²) >= 11 is 12.1. The van der Waals surface area contributed by atoms with Crippen molar-refractivity contribution in [1.82, 2.24) is 10.6 Å². The molecule has 0 atom stereocenters. The van der Waals surface area contributed by atoms with E-state index in [1.807, 2.05) is 18.2 Å². The lowest BCUT2D eigenvalue weighted by Gasteiger charge is -2.35. The van der Waals surface area contributed by atoms with Crippen LogP contribution in [0.1, 0.15) is 39.1 Å². The molecule has 2 N–H and O–H groups in total. The van der Waals surface area contributed by atoms with Gasteiger partial charge in [-0.25, -0.2) is 4.39 Å². The Morgan fingerprint density at radius 3 is 2.32 bits per heavy atom. The van der Waals surface area contributed by atoms with Crippen LogP contribution in [0.3, 0.4) is 0 Å². The lowest BCUT2D eigenvalue weighted by Crippen LogP contribution is -2.45. The van der Waals surface area contributed by atoms with E-state index in [9.17, 15) is 14.0 Å². The van der Waals surface area contributed by atoms with E-state index in [2.05, 4.69) is 15.5 Å². The molecule has 4 rings (SSSR count). The maximum atomic E-state index is 13.1. The zero-order valence-electron chi connectivity index (χ0n) is 18.4. The highest BCUT2D eigenvalue weighted by atomic mass is 35.5. The third-order valence-corrected chi connectivity index (χ3v) is 6.41. The summed E-state index contributed by atoms with van der Waals surface area (Å²) in [5.41, 5.74) is 2.66. The number of nitrogens with one attached hydrogen (secondary N) is 2. The highest BCUT2D eigenvalue weighted by Gasteiger charge is 2.24. The summed E-state index contributed by atoms with van der Waals surface area (Å²) in [6.07, 6.45) is 1.48. The second kappa shape index (κ2) is 10.9. The van der Waals surface area contributed by atoms with Gasteiger partial charge >= 0.3 is 0 Å². The van der Waals surface area contributed by atoms with Gasteiger partial charge in [-0.3, -0.25) is 9.59 Å². The van der Waals surface area contributed by atoms with Crippen LogP contribution in [0, 0.1) is 5.82 Å². The number of halogens is 3. The van der Waals surface area contributed by atoms with Crippen molar-refractivity contribution in [3.63, 3.8) is 0 Å². The number of rotatable bonds is 6. The summed E-state index contributed by atoms with van der Waals surface area (Å²) in [7, 11) is 0. The molecule has 176 valence electrons. The van der Waals surface area contributed by atoms with Gasteiger partial charge in [0.05, 0.1) is 16.1 Å². The van der Waals surface area contributed by atoms with E-state index in [0.29, 0.717) is 40.8 Å². The summed E-state index contributed by atoms with van der Waals surface area (Å²) in [6, 6.07) is 18.3. The number of hydrogen-bond donors (Lipinski definition) is 2. The molecule has 0 aliphatic carbocycles. The van der Waals surface area contributed by atoms with E-state index in [1.54, 1.807) is 36.4 Å². The highest BCUT2D eigenvalue weighted by Crippen LogP contribution is 2.25. The molecular formula is C26H24Cl2FN3O2. The average Bonchev–Trinajstić information content (AvgIpc) is 2.84. The number of carbonyl (C=O) groups excluding carboxylic acids is 2. The number of para-hydroxylation sites is 1. The van der Waals surface area contributed by atoms with Crippen molar-refractivity contribution in [3.8, 4) is 0 Å². The SMILES string of the molecule is O=C(NC1CCN(c2ccccc2C(=O)NCc2ccc(F)cc2)CC1)c1ccc(Cl)cc1Cl. The van der Waals surface area contributed by atoms with Gasteiger partial charge in [0.15, 0.2) is 0 Å². The minimum Gasteiger partial charge on any atom is -0.371 e. The van der Waals surface area contributed by atoms with Gasteiger partial charge in [0.25, 0.3) is 11.8 Å².